The molecular formula is C14H15BrN2O. The number of hydrogen-bond donors (Lipinski definition) is 1. The largest absolute Gasteiger partial charge is 0.497 e. The lowest BCUT2D eigenvalue weighted by Crippen LogP contribution is -2.03. The van der Waals surface area contributed by atoms with Crippen molar-refractivity contribution in [1.29, 1.82) is 0 Å². The molecule has 0 atom stereocenters. The first-order valence-electron chi connectivity index (χ1n) is 5.68. The summed E-state index contributed by atoms with van der Waals surface area (Å²) in [5.41, 5.74) is 2.99. The monoisotopic (exact) mass is 306 g/mol. The van der Waals surface area contributed by atoms with Crippen LogP contribution >= 0.6 is 15.9 Å². The van der Waals surface area contributed by atoms with Gasteiger partial charge in [0.05, 0.1) is 19.3 Å². The highest BCUT2D eigenvalue weighted by atomic mass is 79.9. The maximum Gasteiger partial charge on any atom is 0.122 e. The molecule has 1 aromatic carbocycles. The lowest BCUT2D eigenvalue weighted by molar-refractivity contribution is 0.413. The molecule has 3 nitrogen and oxygen atoms in total. The van der Waals surface area contributed by atoms with Gasteiger partial charge in [0, 0.05) is 28.0 Å². The van der Waals surface area contributed by atoms with Crippen molar-refractivity contribution >= 4 is 21.6 Å². The second kappa shape index (κ2) is 5.87. The maximum absolute atomic E-state index is 5.23. The van der Waals surface area contributed by atoms with Crippen LogP contribution in [-0.4, -0.2) is 12.1 Å². The zero-order valence-corrected chi connectivity index (χ0v) is 12.0. The van der Waals surface area contributed by atoms with Crippen molar-refractivity contribution in [3.63, 3.8) is 0 Å². The molecule has 0 spiro atoms. The van der Waals surface area contributed by atoms with Gasteiger partial charge < -0.3 is 10.1 Å². The van der Waals surface area contributed by atoms with Gasteiger partial charge in [0.2, 0.25) is 0 Å². The number of nitrogens with one attached hydrogen (secondary N) is 1. The average molecular weight is 307 g/mol. The van der Waals surface area contributed by atoms with Gasteiger partial charge in [-0.05, 0) is 25.1 Å². The van der Waals surface area contributed by atoms with E-state index in [1.54, 1.807) is 7.11 Å². The van der Waals surface area contributed by atoms with Gasteiger partial charge in [0.15, 0.2) is 0 Å². The predicted molar refractivity (Wildman–Crippen MR) is 77.0 cm³/mol. The Labute approximate surface area is 115 Å². The number of rotatable bonds is 4. The molecule has 0 bridgehead atoms. The highest BCUT2D eigenvalue weighted by Crippen LogP contribution is 2.18. The molecular weight excluding hydrogens is 292 g/mol. The SMILES string of the molecule is COc1cc(C)nc(CNc2cccc(Br)c2)c1. The number of benzene rings is 1. The van der Waals surface area contributed by atoms with Gasteiger partial charge in [-0.3, -0.25) is 4.98 Å². The molecule has 0 saturated heterocycles. The highest BCUT2D eigenvalue weighted by Gasteiger charge is 2.01. The topological polar surface area (TPSA) is 34.1 Å². The van der Waals surface area contributed by atoms with Crippen LogP contribution < -0.4 is 10.1 Å². The van der Waals surface area contributed by atoms with Crippen molar-refractivity contribution in [3.05, 3.63) is 52.3 Å². The summed E-state index contributed by atoms with van der Waals surface area (Å²) in [5.74, 6) is 0.841. The molecule has 2 rings (SSSR count). The summed E-state index contributed by atoms with van der Waals surface area (Å²) in [5, 5.41) is 3.33. The third kappa shape index (κ3) is 3.47. The fraction of sp³-hybridized carbons (Fsp3) is 0.214. The van der Waals surface area contributed by atoms with Crippen LogP contribution in [0.15, 0.2) is 40.9 Å². The molecule has 0 saturated carbocycles. The van der Waals surface area contributed by atoms with E-state index >= 15 is 0 Å². The zero-order chi connectivity index (χ0) is 13.0. The molecule has 0 unspecified atom stereocenters. The standard InChI is InChI=1S/C14H15BrN2O/c1-10-6-14(18-2)8-13(17-10)9-16-12-5-3-4-11(15)7-12/h3-8,16H,9H2,1-2H3. The Morgan fingerprint density at radius 2 is 2.11 bits per heavy atom. The van der Waals surface area contributed by atoms with E-state index in [4.69, 9.17) is 4.74 Å². The molecule has 2 aromatic rings. The summed E-state index contributed by atoms with van der Waals surface area (Å²) in [6, 6.07) is 11.9. The first-order valence-corrected chi connectivity index (χ1v) is 6.47. The summed E-state index contributed by atoms with van der Waals surface area (Å²) in [4.78, 5) is 4.47. The Bertz CT molecular complexity index is 543. The average Bonchev–Trinajstić information content (AvgIpc) is 2.36. The molecule has 0 aliphatic rings. The fourth-order valence-corrected chi connectivity index (χ4v) is 2.10. The second-order valence-electron chi connectivity index (χ2n) is 4.00. The number of methoxy groups -OCH3 is 1. The second-order valence-corrected chi connectivity index (χ2v) is 4.92. The Kier molecular flexibility index (Phi) is 4.20. The van der Waals surface area contributed by atoms with Crippen LogP contribution in [0, 0.1) is 6.92 Å². The Morgan fingerprint density at radius 1 is 1.28 bits per heavy atom. The number of hydrogen-bond acceptors (Lipinski definition) is 3. The number of halogens is 1. The van der Waals surface area contributed by atoms with Crippen LogP contribution in [0.2, 0.25) is 0 Å². The number of pyridine rings is 1. The summed E-state index contributed by atoms with van der Waals surface area (Å²) in [7, 11) is 1.67. The smallest absolute Gasteiger partial charge is 0.122 e. The third-order valence-electron chi connectivity index (χ3n) is 2.51. The molecule has 0 fully saturated rings. The van der Waals surface area contributed by atoms with Crippen molar-refractivity contribution in [2.45, 2.75) is 13.5 Å². The van der Waals surface area contributed by atoms with Crippen LogP contribution in [0.4, 0.5) is 5.69 Å². The van der Waals surface area contributed by atoms with Gasteiger partial charge in [-0.1, -0.05) is 22.0 Å². The normalized spacial score (nSPS) is 10.2. The van der Waals surface area contributed by atoms with E-state index in [0.29, 0.717) is 6.54 Å². The molecule has 1 heterocycles. The summed E-state index contributed by atoms with van der Waals surface area (Å²) >= 11 is 3.45. The molecule has 18 heavy (non-hydrogen) atoms. The molecule has 0 radical (unpaired) electrons. The lowest BCUT2D eigenvalue weighted by Gasteiger charge is -2.08. The van der Waals surface area contributed by atoms with Gasteiger partial charge in [-0.15, -0.1) is 0 Å². The quantitative estimate of drug-likeness (QED) is 0.933. The van der Waals surface area contributed by atoms with Gasteiger partial charge >= 0.3 is 0 Å². The van der Waals surface area contributed by atoms with Crippen LogP contribution in [0.5, 0.6) is 5.75 Å². The number of aromatic nitrogens is 1. The van der Waals surface area contributed by atoms with Crippen molar-refractivity contribution < 1.29 is 4.74 Å². The van der Waals surface area contributed by atoms with Gasteiger partial charge in [-0.25, -0.2) is 0 Å². The summed E-state index contributed by atoms with van der Waals surface area (Å²) in [6.07, 6.45) is 0. The van der Waals surface area contributed by atoms with Crippen molar-refractivity contribution in [3.8, 4) is 5.75 Å². The Hall–Kier alpha value is -1.55. The van der Waals surface area contributed by atoms with Crippen molar-refractivity contribution in [2.75, 3.05) is 12.4 Å². The fourth-order valence-electron chi connectivity index (χ4n) is 1.70. The number of aryl methyl sites for hydroxylation is 1. The molecule has 1 N–H and O–H groups in total. The van der Waals surface area contributed by atoms with Crippen LogP contribution in [0.3, 0.4) is 0 Å². The Balaban J connectivity index is 2.08. The van der Waals surface area contributed by atoms with Gasteiger partial charge in [0.1, 0.15) is 5.75 Å². The van der Waals surface area contributed by atoms with Gasteiger partial charge in [-0.2, -0.15) is 0 Å². The van der Waals surface area contributed by atoms with E-state index < -0.39 is 0 Å². The summed E-state index contributed by atoms with van der Waals surface area (Å²) in [6.45, 7) is 2.64. The first kappa shape index (κ1) is 12.9. The zero-order valence-electron chi connectivity index (χ0n) is 10.4. The van der Waals surface area contributed by atoms with Crippen molar-refractivity contribution in [2.24, 2.45) is 0 Å². The molecule has 1 aromatic heterocycles. The van der Waals surface area contributed by atoms with E-state index in [2.05, 4.69) is 26.2 Å². The minimum atomic E-state index is 0.675. The number of anilines is 1. The van der Waals surface area contributed by atoms with Crippen molar-refractivity contribution in [1.82, 2.24) is 4.98 Å². The van der Waals surface area contributed by atoms with Crippen LogP contribution in [-0.2, 0) is 6.54 Å². The third-order valence-corrected chi connectivity index (χ3v) is 3.01. The van der Waals surface area contributed by atoms with E-state index in [9.17, 15) is 0 Å². The lowest BCUT2D eigenvalue weighted by atomic mass is 10.2. The molecule has 4 heteroatoms. The minimum absolute atomic E-state index is 0.675. The minimum Gasteiger partial charge on any atom is -0.497 e. The van der Waals surface area contributed by atoms with Crippen LogP contribution in [0.25, 0.3) is 0 Å². The molecule has 94 valence electrons. The number of nitrogens with zero attached hydrogens (tertiary/aromatic N) is 1. The van der Waals surface area contributed by atoms with Gasteiger partial charge in [0.25, 0.3) is 0 Å². The van der Waals surface area contributed by atoms with E-state index in [1.165, 1.54) is 0 Å². The predicted octanol–water partition coefficient (Wildman–Crippen LogP) is 3.77. The van der Waals surface area contributed by atoms with E-state index in [-0.39, 0.29) is 0 Å². The molecule has 0 amide bonds. The van der Waals surface area contributed by atoms with E-state index in [1.807, 2.05) is 43.3 Å². The van der Waals surface area contributed by atoms with E-state index in [0.717, 1.165) is 27.3 Å². The summed E-state index contributed by atoms with van der Waals surface area (Å²) < 4.78 is 6.29. The number of ether oxygens (including phenoxy) is 1. The van der Waals surface area contributed by atoms with Crippen LogP contribution in [0.1, 0.15) is 11.4 Å². The highest BCUT2D eigenvalue weighted by molar-refractivity contribution is 9.10. The Morgan fingerprint density at radius 3 is 2.83 bits per heavy atom. The molecule has 0 aliphatic heterocycles. The first-order chi connectivity index (χ1) is 8.67. The molecule has 0 aliphatic carbocycles. The maximum atomic E-state index is 5.23.